The third kappa shape index (κ3) is 3.48. The molecule has 0 amide bonds. The largest absolute Gasteiger partial charge is 0.365 e. The predicted molar refractivity (Wildman–Crippen MR) is 23.6 cm³/mol. The molecule has 0 aliphatic rings. The van der Waals surface area contributed by atoms with E-state index in [4.69, 9.17) is 10.8 Å². The van der Waals surface area contributed by atoms with E-state index in [-0.39, 0.29) is 0 Å². The highest BCUT2D eigenvalue weighted by Gasteiger charge is 2.03. The Labute approximate surface area is 37.0 Å². The van der Waals surface area contributed by atoms with E-state index < -0.39 is 5.72 Å². The van der Waals surface area contributed by atoms with Crippen molar-refractivity contribution in [1.29, 1.82) is 0 Å². The van der Waals surface area contributed by atoms with Crippen molar-refractivity contribution < 1.29 is 5.11 Å². The average molecular weight is 85.1 g/mol. The lowest BCUT2D eigenvalue weighted by Gasteiger charge is -2.04. The van der Waals surface area contributed by atoms with Gasteiger partial charge < -0.3 is 5.11 Å². The molecule has 0 saturated carbocycles. The number of aliphatic hydroxyl groups is 1. The highest BCUT2D eigenvalue weighted by atomic mass is 16.3. The normalized spacial score (nSPS) is 18.3. The topological polar surface area (TPSA) is 46.2 Å². The molecule has 6 heavy (non-hydrogen) atoms. The Balaban J connectivity index is 3.55. The second-order valence-electron chi connectivity index (χ2n) is 1.29. The maximum atomic E-state index is 8.37. The van der Waals surface area contributed by atoms with Crippen LogP contribution in [0.2, 0.25) is 0 Å². The molecule has 2 nitrogen and oxygen atoms in total. The number of nitrogens with two attached hydrogens (primary N) is 1. The van der Waals surface area contributed by atoms with E-state index in [0.717, 1.165) is 0 Å². The lowest BCUT2D eigenvalue weighted by atomic mass is 10.3. The first-order valence-corrected chi connectivity index (χ1v) is 1.55. The fraction of sp³-hybridized carbons (Fsp3) is 0.500. The smallest absolute Gasteiger partial charge is 0.173 e. The Bertz CT molecular complexity index is 74.5. The summed E-state index contributed by atoms with van der Waals surface area (Å²) in [4.78, 5) is 0. The Morgan fingerprint density at radius 2 is 2.17 bits per heavy atom. The van der Waals surface area contributed by atoms with Gasteiger partial charge in [0.05, 0.1) is 0 Å². The van der Waals surface area contributed by atoms with E-state index in [2.05, 4.69) is 6.42 Å². The van der Waals surface area contributed by atoms with Gasteiger partial charge in [-0.25, -0.2) is 0 Å². The van der Waals surface area contributed by atoms with Crippen molar-refractivity contribution >= 4 is 0 Å². The van der Waals surface area contributed by atoms with Crippen molar-refractivity contribution in [1.82, 2.24) is 0 Å². The molecule has 34 valence electrons. The second kappa shape index (κ2) is 1.29. The summed E-state index contributed by atoms with van der Waals surface area (Å²) in [5.41, 5.74) is 3.42. The third-order valence-corrected chi connectivity index (χ3v) is 0.292. The summed E-state index contributed by atoms with van der Waals surface area (Å²) in [5, 5.41) is 8.37. The van der Waals surface area contributed by atoms with Gasteiger partial charge in [-0.05, 0) is 6.92 Å². The molecule has 0 aromatic rings. The van der Waals surface area contributed by atoms with Crippen LogP contribution in [0.15, 0.2) is 0 Å². The highest BCUT2D eigenvalue weighted by Crippen LogP contribution is 1.83. The SMILES string of the molecule is C#CC(C)(N)O. The van der Waals surface area contributed by atoms with Gasteiger partial charge in [0, 0.05) is 0 Å². The number of hydrogen-bond donors (Lipinski definition) is 2. The van der Waals surface area contributed by atoms with Gasteiger partial charge in [0.25, 0.3) is 0 Å². The van der Waals surface area contributed by atoms with Crippen LogP contribution in [-0.2, 0) is 0 Å². The predicted octanol–water partition coefficient (Wildman–Crippen LogP) is -0.713. The summed E-state index contributed by atoms with van der Waals surface area (Å²) in [6, 6.07) is 0. The standard InChI is InChI=1S/C4H7NO/c1-3-4(2,5)6/h1,6H,5H2,2H3. The first-order chi connectivity index (χ1) is 2.56. The van der Waals surface area contributed by atoms with Crippen LogP contribution in [-0.4, -0.2) is 10.8 Å². The monoisotopic (exact) mass is 85.1 g/mol. The van der Waals surface area contributed by atoms with E-state index in [9.17, 15) is 0 Å². The minimum atomic E-state index is -1.43. The Morgan fingerprint density at radius 3 is 2.17 bits per heavy atom. The summed E-state index contributed by atoms with van der Waals surface area (Å²) in [5.74, 6) is 1.94. The van der Waals surface area contributed by atoms with E-state index >= 15 is 0 Å². The van der Waals surface area contributed by atoms with E-state index in [1.54, 1.807) is 0 Å². The number of rotatable bonds is 0. The van der Waals surface area contributed by atoms with Crippen molar-refractivity contribution in [2.24, 2.45) is 5.73 Å². The van der Waals surface area contributed by atoms with Crippen LogP contribution in [0, 0.1) is 12.3 Å². The maximum Gasteiger partial charge on any atom is 0.173 e. The lowest BCUT2D eigenvalue weighted by molar-refractivity contribution is 0.130. The summed E-state index contributed by atoms with van der Waals surface area (Å²) in [7, 11) is 0. The van der Waals surface area contributed by atoms with E-state index in [1.807, 2.05) is 5.92 Å². The zero-order chi connectivity index (χ0) is 5.21. The zero-order valence-corrected chi connectivity index (χ0v) is 3.60. The van der Waals surface area contributed by atoms with Crippen molar-refractivity contribution in [3.63, 3.8) is 0 Å². The molecule has 0 aliphatic heterocycles. The van der Waals surface area contributed by atoms with Gasteiger partial charge in [-0.2, -0.15) is 0 Å². The molecular formula is C4H7NO. The average Bonchev–Trinajstić information content (AvgIpc) is 1.35. The fourth-order valence-corrected chi connectivity index (χ4v) is 0. The van der Waals surface area contributed by atoms with Crippen LogP contribution < -0.4 is 5.73 Å². The first kappa shape index (κ1) is 5.48. The summed E-state index contributed by atoms with van der Waals surface area (Å²) < 4.78 is 0. The van der Waals surface area contributed by atoms with Crippen LogP contribution in [0.25, 0.3) is 0 Å². The molecular weight excluding hydrogens is 78.0 g/mol. The Kier molecular flexibility index (Phi) is 1.18. The first-order valence-electron chi connectivity index (χ1n) is 1.55. The second-order valence-corrected chi connectivity index (χ2v) is 1.29. The summed E-state index contributed by atoms with van der Waals surface area (Å²) >= 11 is 0. The Morgan fingerprint density at radius 1 is 2.00 bits per heavy atom. The van der Waals surface area contributed by atoms with E-state index in [0.29, 0.717) is 0 Å². The molecule has 3 N–H and O–H groups in total. The molecule has 0 rings (SSSR count). The molecule has 0 radical (unpaired) electrons. The van der Waals surface area contributed by atoms with Crippen LogP contribution >= 0.6 is 0 Å². The van der Waals surface area contributed by atoms with Gasteiger partial charge in [0.2, 0.25) is 0 Å². The van der Waals surface area contributed by atoms with Gasteiger partial charge in [-0.3, -0.25) is 5.73 Å². The van der Waals surface area contributed by atoms with Crippen molar-refractivity contribution in [3.8, 4) is 12.3 Å². The number of hydrogen-bond acceptors (Lipinski definition) is 2. The van der Waals surface area contributed by atoms with Gasteiger partial charge >= 0.3 is 0 Å². The molecule has 0 bridgehead atoms. The van der Waals surface area contributed by atoms with Crippen LogP contribution in [0.5, 0.6) is 0 Å². The summed E-state index contributed by atoms with van der Waals surface area (Å²) in [6.45, 7) is 1.34. The molecule has 0 spiro atoms. The number of terminal acetylenes is 1. The van der Waals surface area contributed by atoms with Crippen molar-refractivity contribution in [3.05, 3.63) is 0 Å². The fourth-order valence-electron chi connectivity index (χ4n) is 0. The van der Waals surface area contributed by atoms with Crippen molar-refractivity contribution in [2.45, 2.75) is 12.6 Å². The third-order valence-electron chi connectivity index (χ3n) is 0.292. The zero-order valence-electron chi connectivity index (χ0n) is 3.60. The van der Waals surface area contributed by atoms with Gasteiger partial charge in [-0.1, -0.05) is 5.92 Å². The van der Waals surface area contributed by atoms with Crippen LogP contribution in [0.3, 0.4) is 0 Å². The molecule has 1 unspecified atom stereocenters. The minimum absolute atomic E-state index is 1.34. The molecule has 0 fully saturated rings. The molecule has 1 atom stereocenters. The minimum Gasteiger partial charge on any atom is -0.365 e. The maximum absolute atomic E-state index is 8.37. The van der Waals surface area contributed by atoms with Gasteiger partial charge in [0.15, 0.2) is 5.72 Å². The molecule has 0 aliphatic carbocycles. The highest BCUT2D eigenvalue weighted by molar-refractivity contribution is 4.99. The van der Waals surface area contributed by atoms with Crippen LogP contribution in [0.1, 0.15) is 6.92 Å². The molecule has 0 aromatic heterocycles. The summed E-state index contributed by atoms with van der Waals surface area (Å²) in [6.07, 6.45) is 4.68. The molecule has 0 saturated heterocycles. The molecule has 0 aromatic carbocycles. The molecule has 2 heteroatoms. The van der Waals surface area contributed by atoms with Crippen molar-refractivity contribution in [2.75, 3.05) is 0 Å². The van der Waals surface area contributed by atoms with Crippen LogP contribution in [0.4, 0.5) is 0 Å². The van der Waals surface area contributed by atoms with E-state index in [1.165, 1.54) is 6.92 Å². The molecule has 0 heterocycles. The Hall–Kier alpha value is -0.520. The quantitative estimate of drug-likeness (QED) is 0.301. The lowest BCUT2D eigenvalue weighted by Crippen LogP contribution is -2.32. The van der Waals surface area contributed by atoms with Gasteiger partial charge in [0.1, 0.15) is 0 Å². The van der Waals surface area contributed by atoms with Gasteiger partial charge in [-0.15, -0.1) is 6.42 Å².